The first-order valence-electron chi connectivity index (χ1n) is 5.29. The van der Waals surface area contributed by atoms with Crippen LogP contribution in [0.3, 0.4) is 0 Å². The Morgan fingerprint density at radius 1 is 1.32 bits per heavy atom. The molecule has 0 saturated heterocycles. The van der Waals surface area contributed by atoms with Crippen LogP contribution >= 0.6 is 0 Å². The van der Waals surface area contributed by atoms with Gasteiger partial charge in [-0.1, -0.05) is 6.08 Å². The van der Waals surface area contributed by atoms with Crippen LogP contribution in [0.25, 0.3) is 0 Å². The Balaban J connectivity index is 3.73. The van der Waals surface area contributed by atoms with E-state index in [2.05, 4.69) is 6.58 Å². The molecule has 0 bridgehead atoms. The van der Waals surface area contributed by atoms with Crippen LogP contribution in [0.2, 0.25) is 0 Å². The molecule has 1 rings (SSSR count). The molecule has 0 aliphatic heterocycles. The van der Waals surface area contributed by atoms with Gasteiger partial charge in [-0.05, 0) is 0 Å². The van der Waals surface area contributed by atoms with Crippen molar-refractivity contribution in [2.45, 2.75) is 6.10 Å². The standard InChI is InChI=1S/C12H15NO6/c1-5-8(14)10-7(13(15)16)6-9(17-2)11(18-3)12(10)19-4/h5-6,8,14H,1H2,2-4H3. The molecule has 1 N–H and O–H groups in total. The molecule has 0 saturated carbocycles. The minimum Gasteiger partial charge on any atom is -0.492 e. The van der Waals surface area contributed by atoms with Gasteiger partial charge in [-0.25, -0.2) is 0 Å². The van der Waals surface area contributed by atoms with E-state index in [1.54, 1.807) is 0 Å². The van der Waals surface area contributed by atoms with Gasteiger partial charge in [-0.2, -0.15) is 0 Å². The van der Waals surface area contributed by atoms with Gasteiger partial charge in [-0.15, -0.1) is 6.58 Å². The first-order valence-corrected chi connectivity index (χ1v) is 5.29. The van der Waals surface area contributed by atoms with Crippen molar-refractivity contribution in [3.63, 3.8) is 0 Å². The van der Waals surface area contributed by atoms with Crippen molar-refractivity contribution < 1.29 is 24.2 Å². The molecule has 0 heterocycles. The maximum atomic E-state index is 11.1. The monoisotopic (exact) mass is 269 g/mol. The first kappa shape index (κ1) is 14.8. The predicted octanol–water partition coefficient (Wildman–Crippen LogP) is 1.84. The fourth-order valence-corrected chi connectivity index (χ4v) is 1.72. The Kier molecular flexibility index (Phi) is 4.71. The van der Waals surface area contributed by atoms with Gasteiger partial charge in [0.15, 0.2) is 11.5 Å². The number of nitro groups is 1. The van der Waals surface area contributed by atoms with E-state index in [1.807, 2.05) is 0 Å². The van der Waals surface area contributed by atoms with Gasteiger partial charge in [0.25, 0.3) is 5.69 Å². The van der Waals surface area contributed by atoms with Crippen molar-refractivity contribution in [2.75, 3.05) is 21.3 Å². The molecule has 1 atom stereocenters. The Labute approximate surface area is 110 Å². The van der Waals surface area contributed by atoms with E-state index in [9.17, 15) is 15.2 Å². The zero-order valence-corrected chi connectivity index (χ0v) is 10.9. The summed E-state index contributed by atoms with van der Waals surface area (Å²) in [4.78, 5) is 10.5. The summed E-state index contributed by atoms with van der Waals surface area (Å²) in [5.41, 5.74) is -0.359. The van der Waals surface area contributed by atoms with Crippen LogP contribution in [0.1, 0.15) is 11.7 Å². The van der Waals surface area contributed by atoms with E-state index in [1.165, 1.54) is 27.4 Å². The van der Waals surface area contributed by atoms with Crippen molar-refractivity contribution in [1.29, 1.82) is 0 Å². The first-order chi connectivity index (χ1) is 9.01. The van der Waals surface area contributed by atoms with E-state index in [-0.39, 0.29) is 28.5 Å². The number of aliphatic hydroxyl groups is 1. The van der Waals surface area contributed by atoms with Gasteiger partial charge in [0.1, 0.15) is 11.7 Å². The number of hydrogen-bond acceptors (Lipinski definition) is 6. The quantitative estimate of drug-likeness (QED) is 0.481. The highest BCUT2D eigenvalue weighted by atomic mass is 16.6. The van der Waals surface area contributed by atoms with E-state index in [0.717, 1.165) is 6.08 Å². The number of benzene rings is 1. The van der Waals surface area contributed by atoms with Crippen molar-refractivity contribution >= 4 is 5.69 Å². The lowest BCUT2D eigenvalue weighted by molar-refractivity contribution is -0.386. The van der Waals surface area contributed by atoms with Gasteiger partial charge in [-0.3, -0.25) is 10.1 Å². The zero-order valence-electron chi connectivity index (χ0n) is 10.9. The molecule has 19 heavy (non-hydrogen) atoms. The zero-order chi connectivity index (χ0) is 14.6. The van der Waals surface area contributed by atoms with Gasteiger partial charge in [0, 0.05) is 0 Å². The normalized spacial score (nSPS) is 11.6. The molecule has 1 aromatic carbocycles. The predicted molar refractivity (Wildman–Crippen MR) is 67.9 cm³/mol. The third kappa shape index (κ3) is 2.60. The largest absolute Gasteiger partial charge is 0.492 e. The van der Waals surface area contributed by atoms with Crippen molar-refractivity contribution in [3.05, 3.63) is 34.4 Å². The van der Waals surface area contributed by atoms with Gasteiger partial charge in [0.2, 0.25) is 5.75 Å². The second-order valence-electron chi connectivity index (χ2n) is 3.52. The smallest absolute Gasteiger partial charge is 0.283 e. The van der Waals surface area contributed by atoms with Crippen LogP contribution in [-0.2, 0) is 0 Å². The number of aliphatic hydroxyl groups excluding tert-OH is 1. The van der Waals surface area contributed by atoms with Crippen LogP contribution < -0.4 is 14.2 Å². The summed E-state index contributed by atoms with van der Waals surface area (Å²) in [5, 5.41) is 20.9. The maximum Gasteiger partial charge on any atom is 0.283 e. The minimum absolute atomic E-state index is 0.0276. The second-order valence-corrected chi connectivity index (χ2v) is 3.52. The molecule has 7 nitrogen and oxygen atoms in total. The molecule has 104 valence electrons. The van der Waals surface area contributed by atoms with Gasteiger partial charge >= 0.3 is 0 Å². The Morgan fingerprint density at radius 2 is 1.89 bits per heavy atom. The Morgan fingerprint density at radius 3 is 2.26 bits per heavy atom. The average molecular weight is 269 g/mol. The highest BCUT2D eigenvalue weighted by Gasteiger charge is 2.30. The van der Waals surface area contributed by atoms with Crippen molar-refractivity contribution in [2.24, 2.45) is 0 Å². The van der Waals surface area contributed by atoms with E-state index >= 15 is 0 Å². The minimum atomic E-state index is -1.25. The summed E-state index contributed by atoms with van der Waals surface area (Å²) in [5.74, 6) is 0.360. The van der Waals surface area contributed by atoms with Crippen LogP contribution in [0.4, 0.5) is 5.69 Å². The van der Waals surface area contributed by atoms with E-state index in [4.69, 9.17) is 14.2 Å². The number of methoxy groups -OCH3 is 3. The number of ether oxygens (including phenoxy) is 3. The highest BCUT2D eigenvalue weighted by Crippen LogP contribution is 2.47. The molecular formula is C12H15NO6. The SMILES string of the molecule is C=CC(O)c1c([N+](=O)[O-])cc(OC)c(OC)c1OC. The molecule has 1 unspecified atom stereocenters. The summed E-state index contributed by atoms with van der Waals surface area (Å²) in [7, 11) is 4.04. The summed E-state index contributed by atoms with van der Waals surface area (Å²) in [6.45, 7) is 3.41. The lowest BCUT2D eigenvalue weighted by Crippen LogP contribution is -2.06. The Bertz CT molecular complexity index is 499. The number of hydrogen-bond donors (Lipinski definition) is 1. The Hall–Kier alpha value is -2.28. The summed E-state index contributed by atoms with van der Waals surface area (Å²) >= 11 is 0. The summed E-state index contributed by atoms with van der Waals surface area (Å²) < 4.78 is 15.2. The lowest BCUT2D eigenvalue weighted by atomic mass is 10.0. The average Bonchev–Trinajstić information content (AvgIpc) is 2.43. The molecule has 0 radical (unpaired) electrons. The van der Waals surface area contributed by atoms with Gasteiger partial charge in [0.05, 0.1) is 32.3 Å². The topological polar surface area (TPSA) is 91.1 Å². The van der Waals surface area contributed by atoms with Crippen LogP contribution in [-0.4, -0.2) is 31.4 Å². The molecule has 0 amide bonds. The molecule has 0 aliphatic rings. The molecular weight excluding hydrogens is 254 g/mol. The molecule has 1 aromatic rings. The number of nitro benzene ring substituents is 1. The van der Waals surface area contributed by atoms with Crippen molar-refractivity contribution in [3.8, 4) is 17.2 Å². The maximum absolute atomic E-state index is 11.1. The molecule has 7 heteroatoms. The number of nitrogens with zero attached hydrogens (tertiary/aromatic N) is 1. The summed E-state index contributed by atoms with van der Waals surface area (Å²) in [6.07, 6.45) is -0.0910. The van der Waals surface area contributed by atoms with Crippen LogP contribution in [0.15, 0.2) is 18.7 Å². The summed E-state index contributed by atoms with van der Waals surface area (Å²) in [6, 6.07) is 1.17. The van der Waals surface area contributed by atoms with E-state index in [0.29, 0.717) is 0 Å². The fourth-order valence-electron chi connectivity index (χ4n) is 1.72. The lowest BCUT2D eigenvalue weighted by Gasteiger charge is -2.17. The number of rotatable bonds is 6. The highest BCUT2D eigenvalue weighted by molar-refractivity contribution is 5.65. The molecule has 0 spiro atoms. The molecule has 0 aromatic heterocycles. The van der Waals surface area contributed by atoms with Crippen molar-refractivity contribution in [1.82, 2.24) is 0 Å². The van der Waals surface area contributed by atoms with Crippen LogP contribution in [0, 0.1) is 10.1 Å². The van der Waals surface area contributed by atoms with Crippen LogP contribution in [0.5, 0.6) is 17.2 Å². The van der Waals surface area contributed by atoms with E-state index < -0.39 is 11.0 Å². The third-order valence-electron chi connectivity index (χ3n) is 2.56. The second kappa shape index (κ2) is 6.05. The molecule has 0 aliphatic carbocycles. The fraction of sp³-hybridized carbons (Fsp3) is 0.333. The third-order valence-corrected chi connectivity index (χ3v) is 2.56. The van der Waals surface area contributed by atoms with Gasteiger partial charge < -0.3 is 19.3 Å². The molecule has 0 fully saturated rings.